The second-order valence-corrected chi connectivity index (χ2v) is 14.3. The minimum atomic E-state index is -0.0996. The summed E-state index contributed by atoms with van der Waals surface area (Å²) in [5.41, 5.74) is 14.2. The summed E-state index contributed by atoms with van der Waals surface area (Å²) >= 11 is 10.1. The number of hydrogen-bond acceptors (Lipinski definition) is 10. The monoisotopic (exact) mass is 878 g/mol. The highest BCUT2D eigenvalue weighted by atomic mass is 35.5. The lowest BCUT2D eigenvalue weighted by Gasteiger charge is -2.34. The Morgan fingerprint density at radius 2 is 1.69 bits per heavy atom. The predicted octanol–water partition coefficient (Wildman–Crippen LogP) is 9.83. The number of halogens is 2. The molecular formula is C48H73Cl2N9O2. The van der Waals surface area contributed by atoms with Gasteiger partial charge in [-0.2, -0.15) is 0 Å². The van der Waals surface area contributed by atoms with Gasteiger partial charge in [-0.25, -0.2) is 4.99 Å². The van der Waals surface area contributed by atoms with Crippen LogP contribution >= 0.6 is 23.4 Å². The Morgan fingerprint density at radius 3 is 2.34 bits per heavy atom. The molecule has 0 aromatic heterocycles. The number of hydrogen-bond donors (Lipinski definition) is 6. The van der Waals surface area contributed by atoms with E-state index in [-0.39, 0.29) is 12.1 Å². The van der Waals surface area contributed by atoms with Crippen LogP contribution in [0.1, 0.15) is 84.6 Å². The van der Waals surface area contributed by atoms with Crippen LogP contribution in [-0.2, 0) is 4.79 Å². The van der Waals surface area contributed by atoms with E-state index in [4.69, 9.17) is 27.2 Å². The van der Waals surface area contributed by atoms with Crippen molar-refractivity contribution >= 4 is 52.2 Å². The topological polar surface area (TPSA) is 131 Å². The summed E-state index contributed by atoms with van der Waals surface area (Å²) in [5, 5.41) is 13.3. The van der Waals surface area contributed by atoms with Gasteiger partial charge in [-0.15, -0.1) is 18.2 Å². The van der Waals surface area contributed by atoms with Gasteiger partial charge in [0.15, 0.2) is 0 Å². The number of piperazine rings is 1. The first kappa shape index (κ1) is 52.5. The van der Waals surface area contributed by atoms with Crippen LogP contribution in [0.25, 0.3) is 0 Å². The van der Waals surface area contributed by atoms with Gasteiger partial charge in [0, 0.05) is 98.3 Å². The maximum atomic E-state index is 11.7. The molecule has 4 aliphatic rings. The molecule has 0 bridgehead atoms. The van der Waals surface area contributed by atoms with Crippen molar-refractivity contribution < 1.29 is 9.53 Å². The summed E-state index contributed by atoms with van der Waals surface area (Å²) < 4.78 is 5.87. The molecule has 0 spiro atoms. The van der Waals surface area contributed by atoms with Crippen molar-refractivity contribution in [2.24, 2.45) is 10.7 Å². The van der Waals surface area contributed by atoms with Crippen LogP contribution in [0.15, 0.2) is 120 Å². The number of amidine groups is 1. The molecule has 1 fully saturated rings. The number of amides is 1. The maximum absolute atomic E-state index is 11.7. The number of aliphatic imine (C=N–C) groups is 1. The van der Waals surface area contributed by atoms with Crippen LogP contribution in [-0.4, -0.2) is 82.1 Å². The van der Waals surface area contributed by atoms with Crippen LogP contribution in [0.4, 0.5) is 17.1 Å². The quantitative estimate of drug-likeness (QED) is 0.0423. The minimum Gasteiger partial charge on any atom is -0.494 e. The van der Waals surface area contributed by atoms with Crippen LogP contribution in [0, 0.1) is 0 Å². The van der Waals surface area contributed by atoms with Gasteiger partial charge in [-0.05, 0) is 107 Å². The fourth-order valence-electron chi connectivity index (χ4n) is 6.50. The van der Waals surface area contributed by atoms with E-state index in [0.717, 1.165) is 97.9 Å². The van der Waals surface area contributed by atoms with Gasteiger partial charge >= 0.3 is 0 Å². The lowest BCUT2D eigenvalue weighted by molar-refractivity contribution is -0.121. The lowest BCUT2D eigenvalue weighted by Crippen LogP contribution is -2.44. The molecule has 0 radical (unpaired) electrons. The number of rotatable bonds is 16. The van der Waals surface area contributed by atoms with E-state index < -0.39 is 0 Å². The molecule has 11 nitrogen and oxygen atoms in total. The number of carbonyl (C=O) groups excluding carboxylic acids is 1. The smallest absolute Gasteiger partial charge is 0.220 e. The highest BCUT2D eigenvalue weighted by Crippen LogP contribution is 2.35. The number of benzene rings is 2. The first-order valence-electron chi connectivity index (χ1n) is 21.8. The van der Waals surface area contributed by atoms with E-state index in [1.807, 2.05) is 76.4 Å². The van der Waals surface area contributed by atoms with Crippen LogP contribution in [0.5, 0.6) is 5.75 Å². The van der Waals surface area contributed by atoms with E-state index in [2.05, 4.69) is 98.1 Å². The number of alkyl halides is 1. The first-order chi connectivity index (χ1) is 29.8. The third-order valence-corrected chi connectivity index (χ3v) is 10.1. The zero-order valence-corrected chi connectivity index (χ0v) is 39.1. The van der Waals surface area contributed by atoms with Crippen molar-refractivity contribution in [2.75, 3.05) is 74.8 Å². The summed E-state index contributed by atoms with van der Waals surface area (Å²) in [6.45, 7) is 21.6. The molecule has 6 rings (SSSR count). The van der Waals surface area contributed by atoms with Crippen LogP contribution in [0.2, 0.25) is 0 Å². The van der Waals surface area contributed by atoms with E-state index in [1.54, 1.807) is 0 Å². The van der Waals surface area contributed by atoms with Crippen molar-refractivity contribution in [2.45, 2.75) is 85.2 Å². The SMILES string of the molecule is C=C1/C=C\C(C2Nc3ccc(N4CCN(C)CC4)cc3N2)=C/N=C(c2ccc(OCCCCC(=O)NCCN)cc2)N1.C=CCCCC1=CC=C(NCl)CC1.CC.CC.CCl. The number of nitrogens with two attached hydrogens (primary N) is 1. The molecule has 13 heteroatoms. The van der Waals surface area contributed by atoms with Gasteiger partial charge in [0.25, 0.3) is 0 Å². The second-order valence-electron chi connectivity index (χ2n) is 14.1. The van der Waals surface area contributed by atoms with Gasteiger partial charge in [0.1, 0.15) is 17.8 Å². The number of carbonyl (C=O) groups is 1. The molecule has 1 aliphatic carbocycles. The number of allylic oxidation sites excluding steroid dienone is 6. The van der Waals surface area contributed by atoms with Gasteiger partial charge < -0.3 is 46.4 Å². The molecule has 1 unspecified atom stereocenters. The van der Waals surface area contributed by atoms with E-state index in [9.17, 15) is 4.79 Å². The van der Waals surface area contributed by atoms with E-state index in [0.29, 0.717) is 32.0 Å². The Labute approximate surface area is 377 Å². The Morgan fingerprint density at radius 1 is 0.967 bits per heavy atom. The molecule has 3 heterocycles. The Kier molecular flexibility index (Phi) is 26.8. The Bertz CT molecular complexity index is 1760. The van der Waals surface area contributed by atoms with E-state index in [1.165, 1.54) is 30.5 Å². The number of fused-ring (bicyclic) bond motifs is 1. The molecular weight excluding hydrogens is 805 g/mol. The normalized spacial score (nSPS) is 17.8. The average molecular weight is 879 g/mol. The fourth-order valence-corrected chi connectivity index (χ4v) is 6.66. The molecule has 1 amide bonds. The molecule has 336 valence electrons. The molecule has 0 saturated carbocycles. The largest absolute Gasteiger partial charge is 0.494 e. The van der Waals surface area contributed by atoms with Crippen molar-refractivity contribution in [3.8, 4) is 5.75 Å². The lowest BCUT2D eigenvalue weighted by atomic mass is 9.98. The molecule has 1 saturated heterocycles. The van der Waals surface area contributed by atoms with Crippen molar-refractivity contribution in [1.29, 1.82) is 0 Å². The molecule has 7 N–H and O–H groups in total. The van der Waals surface area contributed by atoms with Gasteiger partial charge in [-0.1, -0.05) is 58.1 Å². The average Bonchev–Trinajstić information content (AvgIpc) is 3.73. The number of ether oxygens (including phenoxy) is 1. The number of nitrogens with zero attached hydrogens (tertiary/aromatic N) is 3. The number of nitrogens with one attached hydrogen (secondary N) is 5. The predicted molar refractivity (Wildman–Crippen MR) is 264 cm³/mol. The summed E-state index contributed by atoms with van der Waals surface area (Å²) in [5.74, 6) is 1.52. The Hall–Kier alpha value is -4.68. The third-order valence-electron chi connectivity index (χ3n) is 9.83. The minimum absolute atomic E-state index is 0.0327. The first-order valence-corrected chi connectivity index (χ1v) is 22.9. The van der Waals surface area contributed by atoms with Crippen molar-refractivity contribution in [1.82, 2.24) is 20.4 Å². The summed E-state index contributed by atoms with van der Waals surface area (Å²) in [6.07, 6.45) is 21.2. The third kappa shape index (κ3) is 18.9. The van der Waals surface area contributed by atoms with Gasteiger partial charge in [-0.3, -0.25) is 4.79 Å². The van der Waals surface area contributed by atoms with Gasteiger partial charge in [0.05, 0.1) is 18.0 Å². The highest BCUT2D eigenvalue weighted by molar-refractivity contribution is 6.15. The summed E-state index contributed by atoms with van der Waals surface area (Å²) in [4.78, 5) is 23.9. The van der Waals surface area contributed by atoms with Crippen molar-refractivity contribution in [3.05, 3.63) is 120 Å². The molecule has 61 heavy (non-hydrogen) atoms. The summed E-state index contributed by atoms with van der Waals surface area (Å²) in [7, 11) is 2.17. The molecule has 2 aromatic rings. The zero-order chi connectivity index (χ0) is 44.8. The molecule has 2 aromatic carbocycles. The van der Waals surface area contributed by atoms with E-state index >= 15 is 0 Å². The zero-order valence-electron chi connectivity index (χ0n) is 37.6. The number of unbranched alkanes of at least 4 members (excludes halogenated alkanes) is 2. The Balaban J connectivity index is 0.000000567. The second kappa shape index (κ2) is 31.2. The standard InChI is InChI=1S/C32H42N8O2.C11H16ClN.2C2H6.CH3Cl/c1-23-6-7-25(32-37-28-13-10-26(21-29(28)38-32)40-18-16-39(2)17-19-40)22-35-31(36-23)24-8-11-27(12-9-24)42-20-4-3-5-30(41)34-15-14-33;1-2-3-4-5-10-6-8-11(13-12)9-7-10;3*1-2/h6-13,21-22,32,37-38H,1,3-5,14-20,33H2,2H3,(H,34,41)(H,35,36);2,6,8,13H,1,3-5,7,9H2;2*1-2H3;1H3/b7-6-,25-22+;;;;. The maximum Gasteiger partial charge on any atom is 0.220 e. The fraction of sp³-hybridized carbons (Fsp3) is 0.458. The molecule has 1 atom stereocenters. The molecule has 3 aliphatic heterocycles. The van der Waals surface area contributed by atoms with Gasteiger partial charge in [0.2, 0.25) is 5.91 Å². The summed E-state index contributed by atoms with van der Waals surface area (Å²) in [6, 6.07) is 14.4. The number of anilines is 3. The highest BCUT2D eigenvalue weighted by Gasteiger charge is 2.24. The van der Waals surface area contributed by atoms with Crippen molar-refractivity contribution in [3.63, 3.8) is 0 Å². The number of likely N-dealkylation sites (N-methyl/N-ethyl adjacent to an activating group) is 1. The van der Waals surface area contributed by atoms with Crippen LogP contribution < -0.4 is 41.5 Å². The van der Waals surface area contributed by atoms with Crippen LogP contribution in [0.3, 0.4) is 0 Å².